The van der Waals surface area contributed by atoms with E-state index in [1.54, 1.807) is 22.9 Å². The first-order valence-corrected chi connectivity index (χ1v) is 6.03. The zero-order valence-electron chi connectivity index (χ0n) is 9.08. The maximum Gasteiger partial charge on any atom is 0.209 e. The summed E-state index contributed by atoms with van der Waals surface area (Å²) in [5.74, 6) is 0.298. The number of hydrogen-bond acceptors (Lipinski definition) is 4. The minimum Gasteiger partial charge on any atom is -0.217 e. The van der Waals surface area contributed by atoms with Crippen molar-refractivity contribution in [3.63, 3.8) is 0 Å². The molecule has 2 rings (SSSR count). The Morgan fingerprint density at radius 1 is 1.41 bits per heavy atom. The first kappa shape index (κ1) is 11.8. The van der Waals surface area contributed by atoms with Crippen molar-refractivity contribution in [2.75, 3.05) is 0 Å². The van der Waals surface area contributed by atoms with Gasteiger partial charge in [-0.1, -0.05) is 36.0 Å². The van der Waals surface area contributed by atoms with E-state index in [9.17, 15) is 4.39 Å². The lowest BCUT2D eigenvalue weighted by atomic mass is 10.2. The monoisotopic (exact) mass is 250 g/mol. The van der Waals surface area contributed by atoms with E-state index < -0.39 is 0 Å². The van der Waals surface area contributed by atoms with Gasteiger partial charge in [0.1, 0.15) is 5.82 Å². The molecule has 0 atom stereocenters. The van der Waals surface area contributed by atoms with Crippen LogP contribution in [0.5, 0.6) is 0 Å². The van der Waals surface area contributed by atoms with Crippen molar-refractivity contribution in [1.29, 1.82) is 0 Å². The molecule has 0 aliphatic heterocycles. The Morgan fingerprint density at radius 2 is 2.24 bits per heavy atom. The first-order chi connectivity index (χ1) is 8.31. The summed E-state index contributed by atoms with van der Waals surface area (Å²) >= 11 is 1.40. The molecule has 1 aromatic heterocycles. The predicted molar refractivity (Wildman–Crippen MR) is 64.0 cm³/mol. The van der Waals surface area contributed by atoms with Crippen LogP contribution in [0.3, 0.4) is 0 Å². The van der Waals surface area contributed by atoms with Crippen molar-refractivity contribution in [1.82, 2.24) is 20.2 Å². The van der Waals surface area contributed by atoms with Gasteiger partial charge in [-0.15, -0.1) is 11.7 Å². The minimum atomic E-state index is -0.206. The van der Waals surface area contributed by atoms with Gasteiger partial charge in [0.25, 0.3) is 0 Å². The maximum absolute atomic E-state index is 13.4. The van der Waals surface area contributed by atoms with E-state index in [1.165, 1.54) is 17.8 Å². The summed E-state index contributed by atoms with van der Waals surface area (Å²) in [7, 11) is 0. The lowest BCUT2D eigenvalue weighted by Crippen LogP contribution is -2.00. The van der Waals surface area contributed by atoms with E-state index in [-0.39, 0.29) is 5.82 Å². The number of allylic oxidation sites excluding steroid dienone is 1. The van der Waals surface area contributed by atoms with Gasteiger partial charge < -0.3 is 0 Å². The second kappa shape index (κ2) is 5.58. The number of hydrogen-bond donors (Lipinski definition) is 0. The zero-order chi connectivity index (χ0) is 12.1. The van der Waals surface area contributed by atoms with Crippen LogP contribution in [0.15, 0.2) is 42.1 Å². The SMILES string of the molecule is C=CCn1nnnc1SCc1ccccc1F. The van der Waals surface area contributed by atoms with Gasteiger partial charge in [-0.25, -0.2) is 9.07 Å². The van der Waals surface area contributed by atoms with Crippen molar-refractivity contribution in [3.05, 3.63) is 48.3 Å². The molecule has 0 spiro atoms. The average molecular weight is 250 g/mol. The van der Waals surface area contributed by atoms with Gasteiger partial charge in [0.05, 0.1) is 6.54 Å². The fourth-order valence-electron chi connectivity index (χ4n) is 1.29. The molecule has 1 heterocycles. The molecule has 1 aromatic carbocycles. The van der Waals surface area contributed by atoms with Crippen molar-refractivity contribution in [2.45, 2.75) is 17.5 Å². The topological polar surface area (TPSA) is 43.6 Å². The molecule has 0 bridgehead atoms. The van der Waals surface area contributed by atoms with Gasteiger partial charge >= 0.3 is 0 Å². The van der Waals surface area contributed by atoms with E-state index in [0.717, 1.165) is 0 Å². The maximum atomic E-state index is 13.4. The van der Waals surface area contributed by atoms with Gasteiger partial charge in [-0.3, -0.25) is 0 Å². The Kier molecular flexibility index (Phi) is 3.87. The van der Waals surface area contributed by atoms with E-state index in [0.29, 0.717) is 23.0 Å². The van der Waals surface area contributed by atoms with Crippen LogP contribution < -0.4 is 0 Å². The molecule has 2 aromatic rings. The summed E-state index contributed by atoms with van der Waals surface area (Å²) in [6.07, 6.45) is 1.71. The molecule has 0 radical (unpaired) electrons. The van der Waals surface area contributed by atoms with Crippen LogP contribution in [-0.4, -0.2) is 20.2 Å². The Morgan fingerprint density at radius 3 is 3.00 bits per heavy atom. The highest BCUT2D eigenvalue weighted by Gasteiger charge is 2.07. The largest absolute Gasteiger partial charge is 0.217 e. The molecule has 0 aliphatic rings. The molecule has 0 fully saturated rings. The summed E-state index contributed by atoms with van der Waals surface area (Å²) in [5, 5.41) is 11.9. The van der Waals surface area contributed by atoms with Crippen molar-refractivity contribution in [3.8, 4) is 0 Å². The number of tetrazole rings is 1. The normalized spacial score (nSPS) is 10.4. The number of rotatable bonds is 5. The summed E-state index contributed by atoms with van der Waals surface area (Å²) in [6.45, 7) is 4.17. The fourth-order valence-corrected chi connectivity index (χ4v) is 2.17. The molecule has 4 nitrogen and oxygen atoms in total. The molecule has 0 unspecified atom stereocenters. The van der Waals surface area contributed by atoms with Crippen LogP contribution in [-0.2, 0) is 12.3 Å². The molecule has 0 aliphatic carbocycles. The molecule has 88 valence electrons. The lowest BCUT2D eigenvalue weighted by Gasteiger charge is -2.02. The predicted octanol–water partition coefficient (Wildman–Crippen LogP) is 2.29. The molecule has 6 heteroatoms. The summed E-state index contributed by atoms with van der Waals surface area (Å²) in [6, 6.07) is 6.68. The van der Waals surface area contributed by atoms with Crippen molar-refractivity contribution >= 4 is 11.8 Å². The van der Waals surface area contributed by atoms with Gasteiger partial charge in [0.15, 0.2) is 0 Å². The Labute approximate surface area is 103 Å². The van der Waals surface area contributed by atoms with Crippen molar-refractivity contribution < 1.29 is 4.39 Å². The minimum absolute atomic E-state index is 0.206. The van der Waals surface area contributed by atoms with Crippen LogP contribution in [0.4, 0.5) is 4.39 Å². The number of thioether (sulfide) groups is 1. The van der Waals surface area contributed by atoms with Gasteiger partial charge in [-0.2, -0.15) is 0 Å². The zero-order valence-corrected chi connectivity index (χ0v) is 9.90. The third kappa shape index (κ3) is 2.91. The average Bonchev–Trinajstić information content (AvgIpc) is 2.76. The highest BCUT2D eigenvalue weighted by atomic mass is 32.2. The third-order valence-electron chi connectivity index (χ3n) is 2.12. The highest BCUT2D eigenvalue weighted by Crippen LogP contribution is 2.21. The second-order valence-corrected chi connectivity index (χ2v) is 4.25. The quantitative estimate of drug-likeness (QED) is 0.603. The molecule has 0 saturated heterocycles. The van der Waals surface area contributed by atoms with E-state index in [1.807, 2.05) is 6.07 Å². The number of halogens is 1. The molecular weight excluding hydrogens is 239 g/mol. The number of nitrogens with zero attached hydrogens (tertiary/aromatic N) is 4. The molecule has 0 saturated carbocycles. The number of benzene rings is 1. The molecule has 0 N–H and O–H groups in total. The molecule has 17 heavy (non-hydrogen) atoms. The highest BCUT2D eigenvalue weighted by molar-refractivity contribution is 7.98. The smallest absolute Gasteiger partial charge is 0.209 e. The molecular formula is C11H11FN4S. The van der Waals surface area contributed by atoms with Crippen LogP contribution in [0.25, 0.3) is 0 Å². The van der Waals surface area contributed by atoms with Crippen molar-refractivity contribution in [2.24, 2.45) is 0 Å². The number of aromatic nitrogens is 4. The van der Waals surface area contributed by atoms with Crippen LogP contribution in [0.1, 0.15) is 5.56 Å². The fraction of sp³-hybridized carbons (Fsp3) is 0.182. The molecule has 0 amide bonds. The second-order valence-electron chi connectivity index (χ2n) is 3.31. The van der Waals surface area contributed by atoms with E-state index >= 15 is 0 Å². The van der Waals surface area contributed by atoms with E-state index in [4.69, 9.17) is 0 Å². The summed E-state index contributed by atoms with van der Waals surface area (Å²) in [4.78, 5) is 0. The van der Waals surface area contributed by atoms with Crippen LogP contribution >= 0.6 is 11.8 Å². The Bertz CT molecular complexity index is 512. The standard InChI is InChI=1S/C11H11FN4S/c1-2-7-16-11(13-14-15-16)17-8-9-5-3-4-6-10(9)12/h2-6H,1,7-8H2. The summed E-state index contributed by atoms with van der Waals surface area (Å²) < 4.78 is 15.0. The van der Waals surface area contributed by atoms with Gasteiger partial charge in [-0.05, 0) is 22.1 Å². The van der Waals surface area contributed by atoms with Gasteiger partial charge in [0, 0.05) is 5.75 Å². The van der Waals surface area contributed by atoms with E-state index in [2.05, 4.69) is 22.1 Å². The van der Waals surface area contributed by atoms with Gasteiger partial charge in [0.2, 0.25) is 5.16 Å². The Balaban J connectivity index is 2.05. The Hall–Kier alpha value is -1.69. The first-order valence-electron chi connectivity index (χ1n) is 5.04. The third-order valence-corrected chi connectivity index (χ3v) is 3.12. The lowest BCUT2D eigenvalue weighted by molar-refractivity contribution is 0.611. The van der Waals surface area contributed by atoms with Crippen LogP contribution in [0, 0.1) is 5.82 Å². The van der Waals surface area contributed by atoms with Crippen LogP contribution in [0.2, 0.25) is 0 Å². The summed E-state index contributed by atoms with van der Waals surface area (Å²) in [5.41, 5.74) is 0.644.